The van der Waals surface area contributed by atoms with Crippen LogP contribution in [0.1, 0.15) is 23.6 Å². The van der Waals surface area contributed by atoms with Gasteiger partial charge in [-0.05, 0) is 50.1 Å². The van der Waals surface area contributed by atoms with Crippen LogP contribution in [-0.4, -0.2) is 20.4 Å². The second kappa shape index (κ2) is 10.4. The third-order valence-corrected chi connectivity index (χ3v) is 3.98. The summed E-state index contributed by atoms with van der Waals surface area (Å²) >= 11 is 5.54. The fraction of sp³-hybridized carbons (Fsp3) is 0.222. The number of nitrogens with one attached hydrogen (secondary N) is 1. The summed E-state index contributed by atoms with van der Waals surface area (Å²) in [6.45, 7) is 6.48. The average Bonchev–Trinajstić information content (AvgIpc) is 2.57. The normalized spacial score (nSPS) is 9.52. The Balaban J connectivity index is 0.000000433. The summed E-state index contributed by atoms with van der Waals surface area (Å²) < 4.78 is 28.6. The van der Waals surface area contributed by atoms with Gasteiger partial charge >= 0.3 is 22.5 Å². The van der Waals surface area contributed by atoms with Gasteiger partial charge in [-0.25, -0.2) is 4.79 Å². The molecule has 0 atom stereocenters. The molecule has 0 unspecified atom stereocenters. The predicted molar refractivity (Wildman–Crippen MR) is 104 cm³/mol. The van der Waals surface area contributed by atoms with Crippen LogP contribution in [-0.2, 0) is 15.3 Å². The molecule has 0 saturated heterocycles. The molecule has 0 spiro atoms. The number of ether oxygens (including phenoxy) is 1. The van der Waals surface area contributed by atoms with Gasteiger partial charge in [0.25, 0.3) is 0 Å². The molecule has 2 aromatic carbocycles. The van der Waals surface area contributed by atoms with E-state index in [-0.39, 0.29) is 0 Å². The number of benzene rings is 2. The summed E-state index contributed by atoms with van der Waals surface area (Å²) in [5.74, 6) is -0.138. The SMILES string of the molecule is CC(=O)Oc1c(C)c(C)cc(NC(=O)N=S(=O)=O)c1C.Clc1ccccc1. The number of anilines is 1. The lowest BCUT2D eigenvalue weighted by atomic mass is 10.0. The lowest BCUT2D eigenvalue weighted by Crippen LogP contribution is -2.11. The standard InChI is InChI=1S/C12H14N2O5S.C6H5Cl/c1-6-5-10(13-12(16)14-20(17)18)8(3)11(7(6)2)19-9(4)15;7-6-4-2-1-3-5-6/h5H,1-4H3,(H,13,16);1-5H. The van der Waals surface area contributed by atoms with E-state index in [2.05, 4.69) is 9.68 Å². The number of amides is 2. The van der Waals surface area contributed by atoms with Crippen LogP contribution in [0.15, 0.2) is 40.8 Å². The van der Waals surface area contributed by atoms with Gasteiger partial charge in [0, 0.05) is 23.2 Å². The summed E-state index contributed by atoms with van der Waals surface area (Å²) in [5.41, 5.74) is 2.40. The second-order valence-corrected chi connectivity index (χ2v) is 6.50. The van der Waals surface area contributed by atoms with Gasteiger partial charge in [-0.15, -0.1) is 0 Å². The van der Waals surface area contributed by atoms with Gasteiger partial charge in [0.1, 0.15) is 5.75 Å². The third-order valence-electron chi connectivity index (χ3n) is 3.42. The highest BCUT2D eigenvalue weighted by atomic mass is 35.5. The zero-order valence-electron chi connectivity index (χ0n) is 15.2. The third kappa shape index (κ3) is 7.59. The Morgan fingerprint density at radius 1 is 1.07 bits per heavy atom. The van der Waals surface area contributed by atoms with E-state index >= 15 is 0 Å². The van der Waals surface area contributed by atoms with Crippen LogP contribution in [0.2, 0.25) is 5.02 Å². The summed E-state index contributed by atoms with van der Waals surface area (Å²) in [5, 5.41) is 3.13. The first-order valence-electron chi connectivity index (χ1n) is 7.73. The van der Waals surface area contributed by atoms with Crippen molar-refractivity contribution in [1.29, 1.82) is 0 Å². The molecule has 144 valence electrons. The highest BCUT2D eigenvalue weighted by molar-refractivity contribution is 7.62. The van der Waals surface area contributed by atoms with Gasteiger partial charge in [0.15, 0.2) is 0 Å². The van der Waals surface area contributed by atoms with Gasteiger partial charge in [-0.2, -0.15) is 8.42 Å². The lowest BCUT2D eigenvalue weighted by molar-refractivity contribution is -0.131. The van der Waals surface area contributed by atoms with Crippen molar-refractivity contribution in [3.05, 3.63) is 58.1 Å². The zero-order chi connectivity index (χ0) is 20.6. The van der Waals surface area contributed by atoms with Crippen molar-refractivity contribution in [2.45, 2.75) is 27.7 Å². The maximum atomic E-state index is 11.3. The molecule has 1 N–H and O–H groups in total. The van der Waals surface area contributed by atoms with Crippen LogP contribution in [0.5, 0.6) is 5.75 Å². The summed E-state index contributed by atoms with van der Waals surface area (Å²) in [6, 6.07) is 10.1. The number of carbonyl (C=O) groups excluding carboxylic acids is 2. The number of aryl methyl sites for hydroxylation is 1. The average molecular weight is 411 g/mol. The smallest absolute Gasteiger partial charge is 0.360 e. The van der Waals surface area contributed by atoms with E-state index < -0.39 is 22.5 Å². The number of carbonyl (C=O) groups is 2. The van der Waals surface area contributed by atoms with Crippen molar-refractivity contribution in [3.63, 3.8) is 0 Å². The van der Waals surface area contributed by atoms with Crippen LogP contribution in [0.4, 0.5) is 10.5 Å². The van der Waals surface area contributed by atoms with Crippen molar-refractivity contribution in [2.24, 2.45) is 4.36 Å². The molecule has 0 radical (unpaired) electrons. The van der Waals surface area contributed by atoms with E-state index in [0.29, 0.717) is 17.0 Å². The maximum Gasteiger partial charge on any atom is 0.360 e. The van der Waals surface area contributed by atoms with Crippen molar-refractivity contribution in [2.75, 3.05) is 5.32 Å². The molecule has 2 aromatic rings. The van der Waals surface area contributed by atoms with Crippen LogP contribution < -0.4 is 10.1 Å². The number of halogens is 1. The molecular formula is C18H19ClN2O5S. The summed E-state index contributed by atoms with van der Waals surface area (Å²) in [4.78, 5) is 22.4. The summed E-state index contributed by atoms with van der Waals surface area (Å²) in [6.07, 6.45) is 0. The predicted octanol–water partition coefficient (Wildman–Crippen LogP) is 4.47. The molecule has 27 heavy (non-hydrogen) atoms. The minimum absolute atomic E-state index is 0.337. The van der Waals surface area contributed by atoms with Gasteiger partial charge in [-0.1, -0.05) is 34.2 Å². The number of nitrogens with zero attached hydrogens (tertiary/aromatic N) is 1. The molecule has 9 heteroatoms. The molecule has 0 aliphatic rings. The fourth-order valence-corrected chi connectivity index (χ4v) is 2.39. The number of hydrogen-bond donors (Lipinski definition) is 1. The highest BCUT2D eigenvalue weighted by Gasteiger charge is 2.15. The molecule has 2 amide bonds. The van der Waals surface area contributed by atoms with Gasteiger partial charge in [0.2, 0.25) is 0 Å². The number of esters is 1. The minimum Gasteiger partial charge on any atom is -0.426 e. The first kappa shape index (κ1) is 22.3. The van der Waals surface area contributed by atoms with Crippen LogP contribution in [0.25, 0.3) is 0 Å². The molecule has 0 fully saturated rings. The molecule has 0 heterocycles. The molecule has 7 nitrogen and oxygen atoms in total. The molecule has 0 aliphatic heterocycles. The van der Waals surface area contributed by atoms with Crippen molar-refractivity contribution in [1.82, 2.24) is 0 Å². The van der Waals surface area contributed by atoms with E-state index in [4.69, 9.17) is 16.3 Å². The quantitative estimate of drug-likeness (QED) is 0.581. The van der Waals surface area contributed by atoms with Gasteiger partial charge < -0.3 is 10.1 Å². The van der Waals surface area contributed by atoms with E-state index in [9.17, 15) is 18.0 Å². The number of rotatable bonds is 2. The Hall–Kier alpha value is -2.71. The Morgan fingerprint density at radius 2 is 1.67 bits per heavy atom. The van der Waals surface area contributed by atoms with Crippen LogP contribution >= 0.6 is 11.6 Å². The highest BCUT2D eigenvalue weighted by Crippen LogP contribution is 2.32. The first-order chi connectivity index (χ1) is 12.6. The molecule has 0 aromatic heterocycles. The molecule has 2 rings (SSSR count). The van der Waals surface area contributed by atoms with Crippen LogP contribution in [0.3, 0.4) is 0 Å². The zero-order valence-corrected chi connectivity index (χ0v) is 16.8. The fourth-order valence-electron chi connectivity index (χ4n) is 2.06. The number of hydrogen-bond acceptors (Lipinski definition) is 5. The Labute approximate surface area is 164 Å². The second-order valence-electron chi connectivity index (χ2n) is 5.45. The van der Waals surface area contributed by atoms with E-state index in [1.807, 2.05) is 30.3 Å². The molecule has 0 saturated carbocycles. The molecule has 0 bridgehead atoms. The van der Waals surface area contributed by atoms with Crippen molar-refractivity contribution in [3.8, 4) is 5.75 Å². The maximum absolute atomic E-state index is 11.3. The number of urea groups is 1. The van der Waals surface area contributed by atoms with E-state index in [1.165, 1.54) is 6.92 Å². The van der Waals surface area contributed by atoms with Gasteiger partial charge in [0.05, 0.1) is 0 Å². The Morgan fingerprint density at radius 3 is 2.11 bits per heavy atom. The topological polar surface area (TPSA) is 102 Å². The van der Waals surface area contributed by atoms with Crippen LogP contribution in [0, 0.1) is 20.8 Å². The van der Waals surface area contributed by atoms with Gasteiger partial charge in [-0.3, -0.25) is 4.79 Å². The monoisotopic (exact) mass is 410 g/mol. The Kier molecular flexibility index (Phi) is 8.64. The van der Waals surface area contributed by atoms with E-state index in [0.717, 1.165) is 16.1 Å². The lowest BCUT2D eigenvalue weighted by Gasteiger charge is -2.15. The van der Waals surface area contributed by atoms with Crippen molar-refractivity contribution < 1.29 is 22.7 Å². The first-order valence-corrected chi connectivity index (χ1v) is 9.14. The molecule has 0 aliphatic carbocycles. The van der Waals surface area contributed by atoms with Crippen molar-refractivity contribution >= 4 is 39.8 Å². The largest absolute Gasteiger partial charge is 0.426 e. The minimum atomic E-state index is -2.82. The molecular weight excluding hydrogens is 392 g/mol. The Bertz CT molecular complexity index is 965. The van der Waals surface area contributed by atoms with E-state index in [1.54, 1.807) is 26.8 Å². The summed E-state index contributed by atoms with van der Waals surface area (Å²) in [7, 11) is -2.82.